The molecule has 2 aromatic carbocycles. The fourth-order valence-electron chi connectivity index (χ4n) is 1.95. The quantitative estimate of drug-likeness (QED) is 0.837. The number of carbonyl (C=O) groups is 1. The van der Waals surface area contributed by atoms with Gasteiger partial charge in [0.2, 0.25) is 0 Å². The highest BCUT2D eigenvalue weighted by atomic mass is 16.5. The van der Waals surface area contributed by atoms with Crippen molar-refractivity contribution in [2.24, 2.45) is 0 Å². The lowest BCUT2D eigenvalue weighted by atomic mass is 10.1. The van der Waals surface area contributed by atoms with Gasteiger partial charge in [-0.3, -0.25) is 0 Å². The fraction of sp³-hybridized carbons (Fsp3) is 0.278. The summed E-state index contributed by atoms with van der Waals surface area (Å²) in [5, 5.41) is 3.32. The molecule has 0 aliphatic heterocycles. The number of carbonyl (C=O) groups excluding carboxylic acids is 1. The fourth-order valence-corrected chi connectivity index (χ4v) is 1.95. The van der Waals surface area contributed by atoms with E-state index in [1.54, 1.807) is 6.07 Å². The van der Waals surface area contributed by atoms with Crippen LogP contribution < -0.4 is 5.32 Å². The Morgan fingerprint density at radius 1 is 1.14 bits per heavy atom. The summed E-state index contributed by atoms with van der Waals surface area (Å²) in [5.74, 6) is -0.288. The Morgan fingerprint density at radius 2 is 1.86 bits per heavy atom. The van der Waals surface area contributed by atoms with E-state index in [0.29, 0.717) is 5.56 Å². The standard InChI is InChI=1S/C18H21NO2/c1-13(2)21-18(20)16-5-4-6-17(11-16)19-12-15-9-7-14(3)8-10-15/h4-11,13,19H,12H2,1-3H3. The van der Waals surface area contributed by atoms with Crippen LogP contribution in [0.15, 0.2) is 48.5 Å². The van der Waals surface area contributed by atoms with Crippen LogP contribution in [0.2, 0.25) is 0 Å². The third kappa shape index (κ3) is 4.63. The molecule has 110 valence electrons. The number of anilines is 1. The smallest absolute Gasteiger partial charge is 0.338 e. The number of esters is 1. The Labute approximate surface area is 126 Å². The third-order valence-corrected chi connectivity index (χ3v) is 3.06. The average molecular weight is 283 g/mol. The molecule has 3 heteroatoms. The zero-order valence-corrected chi connectivity index (χ0v) is 12.7. The molecule has 0 bridgehead atoms. The summed E-state index contributed by atoms with van der Waals surface area (Å²) in [4.78, 5) is 11.9. The van der Waals surface area contributed by atoms with Crippen LogP contribution in [-0.2, 0) is 11.3 Å². The van der Waals surface area contributed by atoms with Gasteiger partial charge in [-0.2, -0.15) is 0 Å². The van der Waals surface area contributed by atoms with Crippen LogP contribution in [-0.4, -0.2) is 12.1 Å². The van der Waals surface area contributed by atoms with Crippen LogP contribution in [0.3, 0.4) is 0 Å². The maximum Gasteiger partial charge on any atom is 0.338 e. The summed E-state index contributed by atoms with van der Waals surface area (Å²) in [6, 6.07) is 15.8. The summed E-state index contributed by atoms with van der Waals surface area (Å²) in [6.45, 7) is 6.48. The van der Waals surface area contributed by atoms with Gasteiger partial charge in [-0.05, 0) is 44.5 Å². The molecule has 0 unspecified atom stereocenters. The Morgan fingerprint density at radius 3 is 2.52 bits per heavy atom. The molecule has 0 atom stereocenters. The van der Waals surface area contributed by atoms with E-state index in [1.165, 1.54) is 11.1 Å². The molecule has 0 aliphatic carbocycles. The van der Waals surface area contributed by atoms with E-state index in [1.807, 2.05) is 32.0 Å². The van der Waals surface area contributed by atoms with Crippen molar-refractivity contribution < 1.29 is 9.53 Å². The number of ether oxygens (including phenoxy) is 1. The molecule has 0 saturated heterocycles. The van der Waals surface area contributed by atoms with E-state index in [9.17, 15) is 4.79 Å². The van der Waals surface area contributed by atoms with Crippen LogP contribution in [0, 0.1) is 6.92 Å². The molecular weight excluding hydrogens is 262 g/mol. The van der Waals surface area contributed by atoms with Gasteiger partial charge in [0.15, 0.2) is 0 Å². The van der Waals surface area contributed by atoms with Gasteiger partial charge < -0.3 is 10.1 Å². The summed E-state index contributed by atoms with van der Waals surface area (Å²) in [5.41, 5.74) is 3.93. The largest absolute Gasteiger partial charge is 0.459 e. The van der Waals surface area contributed by atoms with Crippen molar-refractivity contribution >= 4 is 11.7 Å². The summed E-state index contributed by atoms with van der Waals surface area (Å²) in [6.07, 6.45) is -0.110. The lowest BCUT2D eigenvalue weighted by molar-refractivity contribution is 0.0378. The van der Waals surface area contributed by atoms with E-state index in [0.717, 1.165) is 12.2 Å². The lowest BCUT2D eigenvalue weighted by Gasteiger charge is -2.10. The van der Waals surface area contributed by atoms with Crippen molar-refractivity contribution in [1.29, 1.82) is 0 Å². The molecule has 0 spiro atoms. The van der Waals surface area contributed by atoms with Gasteiger partial charge in [0.05, 0.1) is 11.7 Å². The van der Waals surface area contributed by atoms with Crippen molar-refractivity contribution in [3.63, 3.8) is 0 Å². The molecule has 21 heavy (non-hydrogen) atoms. The van der Waals surface area contributed by atoms with Crippen LogP contribution in [0.5, 0.6) is 0 Å². The van der Waals surface area contributed by atoms with Crippen molar-refractivity contribution in [3.8, 4) is 0 Å². The van der Waals surface area contributed by atoms with Crippen LogP contribution in [0.4, 0.5) is 5.69 Å². The Bertz CT molecular complexity index is 603. The summed E-state index contributed by atoms with van der Waals surface area (Å²) < 4.78 is 5.20. The number of aryl methyl sites for hydroxylation is 1. The minimum absolute atomic E-state index is 0.110. The van der Waals surface area contributed by atoms with Crippen molar-refractivity contribution in [2.45, 2.75) is 33.4 Å². The Balaban J connectivity index is 2.00. The molecule has 0 heterocycles. The second kappa shape index (κ2) is 6.93. The van der Waals surface area contributed by atoms with E-state index in [4.69, 9.17) is 4.74 Å². The van der Waals surface area contributed by atoms with Gasteiger partial charge in [-0.1, -0.05) is 35.9 Å². The van der Waals surface area contributed by atoms with Crippen LogP contribution in [0.1, 0.15) is 35.3 Å². The van der Waals surface area contributed by atoms with E-state index < -0.39 is 0 Å². The highest BCUT2D eigenvalue weighted by Crippen LogP contribution is 2.14. The second-order valence-corrected chi connectivity index (χ2v) is 5.37. The number of hydrogen-bond donors (Lipinski definition) is 1. The highest BCUT2D eigenvalue weighted by Gasteiger charge is 2.09. The third-order valence-electron chi connectivity index (χ3n) is 3.06. The van der Waals surface area contributed by atoms with E-state index >= 15 is 0 Å². The van der Waals surface area contributed by atoms with Gasteiger partial charge in [0.25, 0.3) is 0 Å². The molecule has 0 aromatic heterocycles. The zero-order chi connectivity index (χ0) is 15.2. The summed E-state index contributed by atoms with van der Waals surface area (Å²) in [7, 11) is 0. The Kier molecular flexibility index (Phi) is 4.99. The molecule has 2 aromatic rings. The number of nitrogens with one attached hydrogen (secondary N) is 1. The number of rotatable bonds is 5. The predicted molar refractivity (Wildman–Crippen MR) is 85.5 cm³/mol. The molecule has 3 nitrogen and oxygen atoms in total. The molecule has 0 saturated carbocycles. The van der Waals surface area contributed by atoms with Crippen LogP contribution in [0.25, 0.3) is 0 Å². The topological polar surface area (TPSA) is 38.3 Å². The van der Waals surface area contributed by atoms with Crippen LogP contribution >= 0.6 is 0 Å². The molecular formula is C18H21NO2. The number of benzene rings is 2. The first-order valence-corrected chi connectivity index (χ1v) is 7.15. The van der Waals surface area contributed by atoms with E-state index in [2.05, 4.69) is 36.5 Å². The predicted octanol–water partition coefficient (Wildman–Crippen LogP) is 4.17. The molecule has 0 fully saturated rings. The second-order valence-electron chi connectivity index (χ2n) is 5.37. The van der Waals surface area contributed by atoms with Crippen molar-refractivity contribution in [1.82, 2.24) is 0 Å². The number of hydrogen-bond acceptors (Lipinski definition) is 3. The monoisotopic (exact) mass is 283 g/mol. The van der Waals surface area contributed by atoms with E-state index in [-0.39, 0.29) is 12.1 Å². The average Bonchev–Trinajstić information content (AvgIpc) is 2.46. The van der Waals surface area contributed by atoms with Gasteiger partial charge in [-0.15, -0.1) is 0 Å². The Hall–Kier alpha value is -2.29. The molecule has 0 radical (unpaired) electrons. The first-order chi connectivity index (χ1) is 10.0. The van der Waals surface area contributed by atoms with Crippen molar-refractivity contribution in [3.05, 3.63) is 65.2 Å². The molecule has 0 aliphatic rings. The molecule has 1 N–H and O–H groups in total. The summed E-state index contributed by atoms with van der Waals surface area (Å²) >= 11 is 0. The maximum absolute atomic E-state index is 11.9. The maximum atomic E-state index is 11.9. The van der Waals surface area contributed by atoms with Gasteiger partial charge in [-0.25, -0.2) is 4.79 Å². The first kappa shape index (κ1) is 15.1. The van der Waals surface area contributed by atoms with Gasteiger partial charge in [0, 0.05) is 12.2 Å². The SMILES string of the molecule is Cc1ccc(CNc2cccc(C(=O)OC(C)C)c2)cc1. The van der Waals surface area contributed by atoms with Crippen molar-refractivity contribution in [2.75, 3.05) is 5.32 Å². The van der Waals surface area contributed by atoms with Gasteiger partial charge in [0.1, 0.15) is 0 Å². The zero-order valence-electron chi connectivity index (χ0n) is 12.7. The first-order valence-electron chi connectivity index (χ1n) is 7.15. The van der Waals surface area contributed by atoms with Gasteiger partial charge >= 0.3 is 5.97 Å². The molecule has 0 amide bonds. The minimum atomic E-state index is -0.288. The minimum Gasteiger partial charge on any atom is -0.459 e. The normalized spacial score (nSPS) is 10.5. The lowest BCUT2D eigenvalue weighted by Crippen LogP contribution is -2.11. The molecule has 2 rings (SSSR count). The highest BCUT2D eigenvalue weighted by molar-refractivity contribution is 5.90.